The molecule has 5 nitrogen and oxygen atoms in total. The summed E-state index contributed by atoms with van der Waals surface area (Å²) in [6.07, 6.45) is 0. The van der Waals surface area contributed by atoms with Crippen molar-refractivity contribution in [2.45, 2.75) is 0 Å². The lowest BCUT2D eigenvalue weighted by molar-refractivity contribution is 0.669. The summed E-state index contributed by atoms with van der Waals surface area (Å²) in [5.74, 6) is 0.610. The van der Waals surface area contributed by atoms with E-state index in [1.807, 2.05) is 97.1 Å². The van der Waals surface area contributed by atoms with Gasteiger partial charge in [0.05, 0.1) is 23.4 Å². The summed E-state index contributed by atoms with van der Waals surface area (Å²) < 4.78 is 85.4. The Kier molecular flexibility index (Phi) is 4.67. The summed E-state index contributed by atoms with van der Waals surface area (Å²) >= 11 is 0. The summed E-state index contributed by atoms with van der Waals surface area (Å²) in [6, 6.07) is 32.1. The lowest BCUT2D eigenvalue weighted by Crippen LogP contribution is -2.06. The van der Waals surface area contributed by atoms with Gasteiger partial charge in [-0.25, -0.2) is 4.98 Å². The van der Waals surface area contributed by atoms with Crippen LogP contribution in [0.4, 0.5) is 0 Å². The minimum Gasteiger partial charge on any atom is -0.456 e. The molecule has 0 N–H and O–H groups in total. The van der Waals surface area contributed by atoms with Crippen molar-refractivity contribution in [1.82, 2.24) is 19.5 Å². The van der Waals surface area contributed by atoms with Crippen molar-refractivity contribution in [2.75, 3.05) is 0 Å². The summed E-state index contributed by atoms with van der Waals surface area (Å²) in [5.41, 5.74) is 5.39. The first-order valence-corrected chi connectivity index (χ1v) is 16.0. The van der Waals surface area contributed by atoms with Crippen LogP contribution >= 0.6 is 0 Å². The largest absolute Gasteiger partial charge is 0.456 e. The standard InChI is InChI=1S/C45H28N4O/c1-3-11-29(12-4-1)31-19-21-32(22-20-31)43-46-44(34-24-26-42-38(27-34)37-16-8-10-18-41(37)50-42)48-45(47-43)49-39-17-9-7-15-35(39)36-25-23-33(28-40(36)49)30-13-5-2-6-14-30/h1-28H/i2D,5D,6D,7D,9D,13D,14D,15D,17D. The Morgan fingerprint density at radius 3 is 1.94 bits per heavy atom. The molecule has 0 aliphatic rings. The maximum absolute atomic E-state index is 9.18. The Balaban J connectivity index is 1.28. The van der Waals surface area contributed by atoms with E-state index in [-0.39, 0.29) is 45.9 Å². The summed E-state index contributed by atoms with van der Waals surface area (Å²) in [7, 11) is 0. The second-order valence-electron chi connectivity index (χ2n) is 11.8. The molecule has 0 bridgehead atoms. The number of nitrogens with zero attached hydrogens (tertiary/aromatic N) is 4. The predicted molar refractivity (Wildman–Crippen MR) is 203 cm³/mol. The van der Waals surface area contributed by atoms with Crippen LogP contribution in [0, 0.1) is 0 Å². The van der Waals surface area contributed by atoms with Crippen LogP contribution < -0.4 is 0 Å². The highest BCUT2D eigenvalue weighted by molar-refractivity contribution is 6.10. The second kappa shape index (κ2) is 11.4. The minimum absolute atomic E-state index is 0.0366. The zero-order valence-electron chi connectivity index (χ0n) is 35.2. The van der Waals surface area contributed by atoms with E-state index < -0.39 is 42.3 Å². The summed E-state index contributed by atoms with van der Waals surface area (Å²) in [4.78, 5) is 15.0. The zero-order chi connectivity index (χ0) is 40.9. The molecular weight excluding hydrogens is 613 g/mol. The molecule has 50 heavy (non-hydrogen) atoms. The quantitative estimate of drug-likeness (QED) is 0.186. The number of benzene rings is 7. The molecule has 234 valence electrons. The van der Waals surface area contributed by atoms with Gasteiger partial charge >= 0.3 is 0 Å². The molecule has 0 unspecified atom stereocenters. The van der Waals surface area contributed by atoms with E-state index in [1.54, 1.807) is 22.8 Å². The van der Waals surface area contributed by atoms with Gasteiger partial charge in [0.15, 0.2) is 11.6 Å². The summed E-state index contributed by atoms with van der Waals surface area (Å²) in [5, 5.41) is 2.39. The highest BCUT2D eigenvalue weighted by Gasteiger charge is 2.19. The molecule has 0 aliphatic carbocycles. The van der Waals surface area contributed by atoms with Crippen LogP contribution in [-0.4, -0.2) is 19.5 Å². The molecule has 10 rings (SSSR count). The van der Waals surface area contributed by atoms with Crippen molar-refractivity contribution in [3.63, 3.8) is 0 Å². The number of hydrogen-bond acceptors (Lipinski definition) is 4. The van der Waals surface area contributed by atoms with E-state index in [4.69, 9.17) is 30.3 Å². The number of para-hydroxylation sites is 2. The highest BCUT2D eigenvalue weighted by atomic mass is 16.3. The number of rotatable bonds is 5. The van der Waals surface area contributed by atoms with Gasteiger partial charge in [-0.15, -0.1) is 0 Å². The van der Waals surface area contributed by atoms with Gasteiger partial charge in [0.2, 0.25) is 5.95 Å². The van der Waals surface area contributed by atoms with Crippen LogP contribution in [-0.2, 0) is 0 Å². The fraction of sp³-hybridized carbons (Fsp3) is 0. The molecule has 3 heterocycles. The molecule has 5 heteroatoms. The first-order valence-electron chi connectivity index (χ1n) is 20.5. The van der Waals surface area contributed by atoms with Crippen LogP contribution in [0.3, 0.4) is 0 Å². The van der Waals surface area contributed by atoms with Crippen molar-refractivity contribution in [2.24, 2.45) is 0 Å². The lowest BCUT2D eigenvalue weighted by atomic mass is 10.0. The Morgan fingerprint density at radius 2 is 1.08 bits per heavy atom. The van der Waals surface area contributed by atoms with Crippen LogP contribution in [0.15, 0.2) is 174 Å². The molecule has 0 spiro atoms. The van der Waals surface area contributed by atoms with Crippen molar-refractivity contribution in [3.8, 4) is 51.0 Å². The van der Waals surface area contributed by atoms with Crippen LogP contribution in [0.1, 0.15) is 12.3 Å². The van der Waals surface area contributed by atoms with E-state index in [0.29, 0.717) is 33.4 Å². The van der Waals surface area contributed by atoms with E-state index in [9.17, 15) is 1.37 Å². The minimum atomic E-state index is -0.522. The van der Waals surface area contributed by atoms with Gasteiger partial charge in [-0.05, 0) is 58.6 Å². The highest BCUT2D eigenvalue weighted by Crippen LogP contribution is 2.36. The third-order valence-corrected chi connectivity index (χ3v) is 8.90. The van der Waals surface area contributed by atoms with E-state index >= 15 is 0 Å². The molecule has 0 saturated carbocycles. The van der Waals surface area contributed by atoms with Gasteiger partial charge < -0.3 is 4.42 Å². The maximum Gasteiger partial charge on any atom is 0.238 e. The zero-order valence-corrected chi connectivity index (χ0v) is 26.2. The van der Waals surface area contributed by atoms with Gasteiger partial charge in [0, 0.05) is 32.7 Å². The Labute approximate surface area is 300 Å². The fourth-order valence-electron chi connectivity index (χ4n) is 6.51. The molecule has 7 aromatic carbocycles. The van der Waals surface area contributed by atoms with E-state index in [0.717, 1.165) is 27.5 Å². The molecular formula is C45H28N4O. The second-order valence-corrected chi connectivity index (χ2v) is 11.8. The molecule has 3 aromatic heterocycles. The van der Waals surface area contributed by atoms with E-state index in [1.165, 1.54) is 0 Å². The maximum atomic E-state index is 9.18. The third kappa shape index (κ3) is 4.67. The SMILES string of the molecule is [2H]c1c([2H])c([2H])c(-c2ccc3c4c([2H])c([2H])c([2H])c([2H])c4n(-c4nc(-c5ccc(-c6ccccc6)cc5)nc(-c5ccc6oc7ccccc7c6c5)n4)c3c2)c([2H])c1[2H]. The first-order chi connectivity index (χ1) is 28.5. The van der Waals surface area contributed by atoms with Gasteiger partial charge in [0.1, 0.15) is 11.2 Å². The normalized spacial score (nSPS) is 14.1. The Morgan fingerprint density at radius 1 is 0.420 bits per heavy atom. The molecule has 0 amide bonds. The Bertz CT molecular complexity index is 3350. The predicted octanol–water partition coefficient (Wildman–Crippen LogP) is 11.5. The average molecular weight is 650 g/mol. The number of aromatic nitrogens is 4. The van der Waals surface area contributed by atoms with Crippen molar-refractivity contribution < 1.29 is 16.8 Å². The van der Waals surface area contributed by atoms with Gasteiger partial charge in [0.25, 0.3) is 0 Å². The molecule has 0 aliphatic heterocycles. The van der Waals surface area contributed by atoms with Crippen LogP contribution in [0.25, 0.3) is 94.7 Å². The monoisotopic (exact) mass is 649 g/mol. The molecule has 0 fully saturated rings. The van der Waals surface area contributed by atoms with Crippen molar-refractivity contribution in [3.05, 3.63) is 170 Å². The molecule has 0 saturated heterocycles. The average Bonchev–Trinajstić information content (AvgIpc) is 3.82. The fourth-order valence-corrected chi connectivity index (χ4v) is 6.51. The van der Waals surface area contributed by atoms with Crippen LogP contribution in [0.5, 0.6) is 0 Å². The van der Waals surface area contributed by atoms with E-state index in [2.05, 4.69) is 0 Å². The third-order valence-electron chi connectivity index (χ3n) is 8.90. The number of hydrogen-bond donors (Lipinski definition) is 0. The molecule has 0 atom stereocenters. The van der Waals surface area contributed by atoms with Crippen molar-refractivity contribution >= 4 is 43.7 Å². The van der Waals surface area contributed by atoms with Crippen molar-refractivity contribution in [1.29, 1.82) is 0 Å². The molecule has 0 radical (unpaired) electrons. The van der Waals surface area contributed by atoms with Gasteiger partial charge in [-0.3, -0.25) is 4.57 Å². The van der Waals surface area contributed by atoms with Gasteiger partial charge in [-0.2, -0.15) is 9.97 Å². The Hall–Kier alpha value is -6.85. The van der Waals surface area contributed by atoms with Crippen LogP contribution in [0.2, 0.25) is 0 Å². The van der Waals surface area contributed by atoms with Gasteiger partial charge in [-0.1, -0.05) is 133 Å². The first kappa shape index (κ1) is 20.5. The summed E-state index contributed by atoms with van der Waals surface area (Å²) in [6.45, 7) is 0. The topological polar surface area (TPSA) is 56.7 Å². The number of furan rings is 1. The molecule has 10 aromatic rings. The lowest BCUT2D eigenvalue weighted by Gasteiger charge is -2.12. The number of fused-ring (bicyclic) bond motifs is 6. The smallest absolute Gasteiger partial charge is 0.238 e.